The Hall–Kier alpha value is -2.22. The van der Waals surface area contributed by atoms with Crippen molar-refractivity contribution in [3.63, 3.8) is 0 Å². The number of terminal acetylenes is 1. The number of nitrogens with one attached hydrogen (secondary N) is 1. The molecule has 1 aromatic rings. The average molecular weight is 338 g/mol. The maximum absolute atomic E-state index is 6.13. The van der Waals surface area contributed by atoms with Crippen LogP contribution in [0.3, 0.4) is 0 Å². The molecule has 0 unspecified atom stereocenters. The van der Waals surface area contributed by atoms with Crippen molar-refractivity contribution in [2.24, 2.45) is 0 Å². The van der Waals surface area contributed by atoms with Gasteiger partial charge in [0.1, 0.15) is 0 Å². The van der Waals surface area contributed by atoms with E-state index in [2.05, 4.69) is 61.3 Å². The lowest BCUT2D eigenvalue weighted by Gasteiger charge is -2.36. The molecule has 0 saturated carbocycles. The Labute approximate surface area is 150 Å². The minimum atomic E-state index is -0.906. The first-order valence-corrected chi connectivity index (χ1v) is 8.78. The highest BCUT2D eigenvalue weighted by molar-refractivity contribution is 5.74. The van der Waals surface area contributed by atoms with E-state index in [9.17, 15) is 0 Å². The number of hydrogen-bond donors (Lipinski definition) is 1. The summed E-state index contributed by atoms with van der Waals surface area (Å²) in [5, 5.41) is 3.36. The van der Waals surface area contributed by atoms with Gasteiger partial charge < -0.3 is 19.7 Å². The molecule has 25 heavy (non-hydrogen) atoms. The smallest absolute Gasteiger partial charge is 0.239 e. The van der Waals surface area contributed by atoms with Crippen LogP contribution in [0.4, 0.5) is 5.69 Å². The van der Waals surface area contributed by atoms with Crippen molar-refractivity contribution in [1.29, 1.82) is 0 Å². The van der Waals surface area contributed by atoms with E-state index >= 15 is 0 Å². The molecule has 132 valence electrons. The van der Waals surface area contributed by atoms with Crippen LogP contribution in [0.25, 0.3) is 5.70 Å². The maximum Gasteiger partial charge on any atom is 0.239 e. The topological polar surface area (TPSA) is 33.7 Å². The molecule has 2 aliphatic rings. The number of anilines is 1. The van der Waals surface area contributed by atoms with Gasteiger partial charge in [0.2, 0.25) is 5.79 Å². The van der Waals surface area contributed by atoms with Gasteiger partial charge in [-0.1, -0.05) is 19.2 Å². The van der Waals surface area contributed by atoms with E-state index in [4.69, 9.17) is 15.9 Å². The van der Waals surface area contributed by atoms with Crippen molar-refractivity contribution in [3.05, 3.63) is 48.2 Å². The third-order valence-corrected chi connectivity index (χ3v) is 4.54. The second-order valence-electron chi connectivity index (χ2n) is 6.73. The highest BCUT2D eigenvalue weighted by Gasteiger charge is 2.50. The third-order valence-electron chi connectivity index (χ3n) is 4.54. The van der Waals surface area contributed by atoms with Gasteiger partial charge in [0.25, 0.3) is 0 Å². The SMILES string of the molecule is C#CCCN1C(=C)C2(OCCCO2)c2cc(C(=C)NC(C)C)ccc21. The Bertz CT molecular complexity index is 724. The molecule has 1 N–H and O–H groups in total. The van der Waals surface area contributed by atoms with E-state index in [1.807, 2.05) is 0 Å². The lowest BCUT2D eigenvalue weighted by molar-refractivity contribution is -0.248. The number of rotatable bonds is 5. The molecule has 2 heterocycles. The summed E-state index contributed by atoms with van der Waals surface area (Å²) in [5.41, 5.74) is 4.74. The first-order chi connectivity index (χ1) is 12.0. The molecule has 0 atom stereocenters. The number of ether oxygens (including phenoxy) is 2. The summed E-state index contributed by atoms with van der Waals surface area (Å²) in [4.78, 5) is 2.11. The van der Waals surface area contributed by atoms with E-state index < -0.39 is 5.79 Å². The van der Waals surface area contributed by atoms with Crippen LogP contribution in [0.5, 0.6) is 0 Å². The Balaban J connectivity index is 2.03. The summed E-state index contributed by atoms with van der Waals surface area (Å²) in [6, 6.07) is 6.56. The molecule has 4 nitrogen and oxygen atoms in total. The van der Waals surface area contributed by atoms with Crippen molar-refractivity contribution < 1.29 is 9.47 Å². The van der Waals surface area contributed by atoms with Crippen LogP contribution in [0.2, 0.25) is 0 Å². The third kappa shape index (κ3) is 3.06. The molecule has 1 spiro atoms. The van der Waals surface area contributed by atoms with Gasteiger partial charge in [-0.15, -0.1) is 12.3 Å². The van der Waals surface area contributed by atoms with Crippen LogP contribution in [0.15, 0.2) is 37.1 Å². The zero-order valence-corrected chi connectivity index (χ0v) is 15.1. The van der Waals surface area contributed by atoms with Gasteiger partial charge in [0.05, 0.1) is 24.6 Å². The summed E-state index contributed by atoms with van der Waals surface area (Å²) in [6.45, 7) is 14.6. The van der Waals surface area contributed by atoms with Gasteiger partial charge in [-0.2, -0.15) is 0 Å². The molecule has 0 aliphatic carbocycles. The van der Waals surface area contributed by atoms with E-state index in [1.54, 1.807) is 0 Å². The minimum absolute atomic E-state index is 0.319. The molecular formula is C21H26N2O2. The predicted octanol–water partition coefficient (Wildman–Crippen LogP) is 3.60. The van der Waals surface area contributed by atoms with E-state index in [0.29, 0.717) is 32.2 Å². The molecule has 0 aromatic heterocycles. The highest BCUT2D eigenvalue weighted by atomic mass is 16.7. The van der Waals surface area contributed by atoms with E-state index in [0.717, 1.165) is 34.6 Å². The van der Waals surface area contributed by atoms with Crippen LogP contribution in [0.1, 0.15) is 37.8 Å². The molecule has 1 aromatic carbocycles. The molecule has 0 bridgehead atoms. The molecular weight excluding hydrogens is 312 g/mol. The lowest BCUT2D eigenvalue weighted by Crippen LogP contribution is -2.40. The van der Waals surface area contributed by atoms with Gasteiger partial charge in [0, 0.05) is 30.3 Å². The Morgan fingerprint density at radius 1 is 1.40 bits per heavy atom. The zero-order chi connectivity index (χ0) is 18.0. The maximum atomic E-state index is 6.13. The predicted molar refractivity (Wildman–Crippen MR) is 102 cm³/mol. The highest BCUT2D eigenvalue weighted by Crippen LogP contribution is 2.50. The van der Waals surface area contributed by atoms with E-state index in [-0.39, 0.29) is 0 Å². The molecule has 2 aliphatic heterocycles. The fraction of sp³-hybridized carbons (Fsp3) is 0.429. The summed E-state index contributed by atoms with van der Waals surface area (Å²) < 4.78 is 12.3. The number of benzene rings is 1. The quantitative estimate of drug-likeness (QED) is 0.832. The standard InChI is InChI=1S/C21H26N2O2/c1-6-7-11-23-17(5)21(24-12-8-13-25-21)19-14-18(9-10-20(19)23)16(4)22-15(2)3/h1,9-10,14-15,22H,4-5,7-8,11-13H2,2-3H3. The Kier molecular flexibility index (Phi) is 4.89. The molecule has 0 amide bonds. The largest absolute Gasteiger partial charge is 0.383 e. The van der Waals surface area contributed by atoms with Gasteiger partial charge in [-0.3, -0.25) is 0 Å². The summed E-state index contributed by atoms with van der Waals surface area (Å²) >= 11 is 0. The van der Waals surface area contributed by atoms with Crippen molar-refractivity contribution in [2.75, 3.05) is 24.7 Å². The van der Waals surface area contributed by atoms with Crippen molar-refractivity contribution in [1.82, 2.24) is 5.32 Å². The van der Waals surface area contributed by atoms with Crippen LogP contribution in [0, 0.1) is 12.3 Å². The molecule has 1 fully saturated rings. The molecule has 4 heteroatoms. The fourth-order valence-corrected chi connectivity index (χ4v) is 3.42. The average Bonchev–Trinajstić information content (AvgIpc) is 2.82. The van der Waals surface area contributed by atoms with Crippen molar-refractivity contribution in [3.8, 4) is 12.3 Å². The van der Waals surface area contributed by atoms with Gasteiger partial charge >= 0.3 is 0 Å². The molecule has 1 saturated heterocycles. The summed E-state index contributed by atoms with van der Waals surface area (Å²) in [5.74, 6) is 1.79. The molecule has 3 rings (SSSR count). The first kappa shape index (κ1) is 17.6. The van der Waals surface area contributed by atoms with Gasteiger partial charge in [0.15, 0.2) is 0 Å². The number of fused-ring (bicyclic) bond motifs is 2. The van der Waals surface area contributed by atoms with Crippen molar-refractivity contribution >= 4 is 11.4 Å². The minimum Gasteiger partial charge on any atom is -0.383 e. The van der Waals surface area contributed by atoms with Crippen LogP contribution >= 0.6 is 0 Å². The Morgan fingerprint density at radius 3 is 2.76 bits per heavy atom. The lowest BCUT2D eigenvalue weighted by atomic mass is 10.0. The van der Waals surface area contributed by atoms with Crippen LogP contribution in [-0.4, -0.2) is 25.8 Å². The van der Waals surface area contributed by atoms with E-state index in [1.165, 1.54) is 0 Å². The normalized spacial score (nSPS) is 18.3. The second-order valence-corrected chi connectivity index (χ2v) is 6.73. The Morgan fingerprint density at radius 2 is 2.12 bits per heavy atom. The van der Waals surface area contributed by atoms with Crippen molar-refractivity contribution in [2.45, 2.75) is 38.5 Å². The monoisotopic (exact) mass is 338 g/mol. The zero-order valence-electron chi connectivity index (χ0n) is 15.1. The second kappa shape index (κ2) is 6.95. The van der Waals surface area contributed by atoms with Crippen LogP contribution in [-0.2, 0) is 15.3 Å². The van der Waals surface area contributed by atoms with Gasteiger partial charge in [-0.05, 0) is 38.0 Å². The number of nitrogens with zero attached hydrogens (tertiary/aromatic N) is 1. The molecule has 0 radical (unpaired) electrons. The fourth-order valence-electron chi connectivity index (χ4n) is 3.42. The summed E-state index contributed by atoms with van der Waals surface area (Å²) in [6.07, 6.45) is 6.99. The summed E-state index contributed by atoms with van der Waals surface area (Å²) in [7, 11) is 0. The first-order valence-electron chi connectivity index (χ1n) is 8.78. The van der Waals surface area contributed by atoms with Gasteiger partial charge in [-0.25, -0.2) is 0 Å². The van der Waals surface area contributed by atoms with Crippen LogP contribution < -0.4 is 10.2 Å². The number of hydrogen-bond acceptors (Lipinski definition) is 4.